The average molecular weight is 346 g/mol. The van der Waals surface area contributed by atoms with Gasteiger partial charge in [0.2, 0.25) is 0 Å². The van der Waals surface area contributed by atoms with Crippen LogP contribution in [0, 0.1) is 17.2 Å². The van der Waals surface area contributed by atoms with Gasteiger partial charge in [-0.15, -0.1) is 0 Å². The molecule has 0 bridgehead atoms. The van der Waals surface area contributed by atoms with Gasteiger partial charge in [0.15, 0.2) is 0 Å². The lowest BCUT2D eigenvalue weighted by atomic mass is 9.92. The molecule has 0 aliphatic carbocycles. The lowest BCUT2D eigenvalue weighted by Gasteiger charge is -2.38. The van der Waals surface area contributed by atoms with Crippen molar-refractivity contribution in [2.75, 3.05) is 25.1 Å². The van der Waals surface area contributed by atoms with E-state index >= 15 is 0 Å². The number of pyridine rings is 1. The third kappa shape index (κ3) is 2.88. The number of nitrogens with zero attached hydrogens (tertiary/aromatic N) is 3. The predicted octanol–water partition coefficient (Wildman–Crippen LogP) is 2.69. The van der Waals surface area contributed by atoms with E-state index in [1.54, 1.807) is 18.2 Å². The second kappa shape index (κ2) is 6.63. The maximum absolute atomic E-state index is 11.4. The van der Waals surface area contributed by atoms with Crippen molar-refractivity contribution in [3.05, 3.63) is 35.0 Å². The van der Waals surface area contributed by atoms with Gasteiger partial charge >= 0.3 is 5.97 Å². The summed E-state index contributed by atoms with van der Waals surface area (Å²) in [5, 5.41) is 20.1. The number of carbonyl (C=O) groups is 1. The number of hydrogen-bond donors (Lipinski definition) is 1. The quantitative estimate of drug-likeness (QED) is 0.920. The molecule has 0 saturated carbocycles. The fourth-order valence-electron chi connectivity index (χ4n) is 3.21. The Balaban J connectivity index is 2.07. The van der Waals surface area contributed by atoms with Crippen LogP contribution >= 0.6 is 11.6 Å². The highest BCUT2D eigenvalue weighted by Gasteiger charge is 2.35. The summed E-state index contributed by atoms with van der Waals surface area (Å²) in [5.74, 6) is -1.40. The largest absolute Gasteiger partial charge is 0.481 e. The minimum absolute atomic E-state index is 0.397. The first-order valence-electron chi connectivity index (χ1n) is 7.54. The van der Waals surface area contributed by atoms with Crippen molar-refractivity contribution in [1.29, 1.82) is 5.26 Å². The molecule has 0 radical (unpaired) electrons. The molecule has 0 unspecified atom stereocenters. The van der Waals surface area contributed by atoms with Crippen LogP contribution in [0.1, 0.15) is 12.0 Å². The van der Waals surface area contributed by atoms with E-state index in [1.807, 2.05) is 4.90 Å². The summed E-state index contributed by atoms with van der Waals surface area (Å²) in [5.41, 5.74) is 1.91. The Bertz CT molecular complexity index is 834. The molecule has 24 heavy (non-hydrogen) atoms. The van der Waals surface area contributed by atoms with Crippen LogP contribution in [0.4, 0.5) is 5.69 Å². The molecule has 1 N–H and O–H groups in total. The van der Waals surface area contributed by atoms with Gasteiger partial charge in [-0.25, -0.2) is 0 Å². The SMILES string of the molecule is CO[C@@H]1CN(c2c(C#N)cnc3ccc(Cl)cc23)CC[C@@H]1C(=O)O. The topological polar surface area (TPSA) is 86.5 Å². The second-order valence-electron chi connectivity index (χ2n) is 5.75. The van der Waals surface area contributed by atoms with Gasteiger partial charge in [-0.3, -0.25) is 9.78 Å². The van der Waals surface area contributed by atoms with E-state index in [4.69, 9.17) is 16.3 Å². The predicted molar refractivity (Wildman–Crippen MR) is 90.2 cm³/mol. The molecule has 0 amide bonds. The maximum Gasteiger partial charge on any atom is 0.309 e. The highest BCUT2D eigenvalue weighted by molar-refractivity contribution is 6.31. The van der Waals surface area contributed by atoms with Crippen LogP contribution in [-0.2, 0) is 9.53 Å². The minimum atomic E-state index is -0.857. The number of benzene rings is 1. The van der Waals surface area contributed by atoms with Crippen molar-refractivity contribution >= 4 is 34.2 Å². The normalized spacial score (nSPS) is 20.8. The molecule has 1 aromatic heterocycles. The van der Waals surface area contributed by atoms with E-state index in [0.717, 1.165) is 16.6 Å². The first-order chi connectivity index (χ1) is 11.5. The fourth-order valence-corrected chi connectivity index (χ4v) is 3.39. The number of nitriles is 1. The number of aromatic nitrogens is 1. The molecular formula is C17H16ClN3O3. The molecule has 2 heterocycles. The average Bonchev–Trinajstić information content (AvgIpc) is 2.59. The van der Waals surface area contributed by atoms with Crippen molar-refractivity contribution < 1.29 is 14.6 Å². The molecule has 0 spiro atoms. The van der Waals surface area contributed by atoms with Gasteiger partial charge in [0.25, 0.3) is 0 Å². The number of anilines is 1. The molecule has 1 saturated heterocycles. The zero-order valence-electron chi connectivity index (χ0n) is 13.1. The third-order valence-corrected chi connectivity index (χ3v) is 4.65. The highest BCUT2D eigenvalue weighted by Crippen LogP contribution is 2.34. The van der Waals surface area contributed by atoms with Crippen LogP contribution < -0.4 is 4.90 Å². The number of rotatable bonds is 3. The Labute approximate surface area is 144 Å². The molecule has 2 atom stereocenters. The Morgan fingerprint density at radius 2 is 2.33 bits per heavy atom. The van der Waals surface area contributed by atoms with Crippen molar-refractivity contribution in [3.63, 3.8) is 0 Å². The summed E-state index contributed by atoms with van der Waals surface area (Å²) in [6, 6.07) is 7.51. The molecule has 1 fully saturated rings. The highest BCUT2D eigenvalue weighted by atomic mass is 35.5. The molecule has 1 aliphatic heterocycles. The summed E-state index contributed by atoms with van der Waals surface area (Å²) in [6.07, 6.45) is 1.55. The monoisotopic (exact) mass is 345 g/mol. The summed E-state index contributed by atoms with van der Waals surface area (Å²) < 4.78 is 5.38. The van der Waals surface area contributed by atoms with Crippen LogP contribution in [0.5, 0.6) is 0 Å². The lowest BCUT2D eigenvalue weighted by molar-refractivity contribution is -0.147. The summed E-state index contributed by atoms with van der Waals surface area (Å²) >= 11 is 6.11. The number of hydrogen-bond acceptors (Lipinski definition) is 5. The van der Waals surface area contributed by atoms with Gasteiger partial charge in [0.1, 0.15) is 6.07 Å². The van der Waals surface area contributed by atoms with E-state index in [0.29, 0.717) is 30.1 Å². The zero-order valence-corrected chi connectivity index (χ0v) is 13.8. The van der Waals surface area contributed by atoms with E-state index in [1.165, 1.54) is 13.3 Å². The van der Waals surface area contributed by atoms with Gasteiger partial charge in [0.05, 0.1) is 28.8 Å². The Morgan fingerprint density at radius 1 is 1.54 bits per heavy atom. The van der Waals surface area contributed by atoms with Gasteiger partial charge in [0, 0.05) is 36.8 Å². The van der Waals surface area contributed by atoms with Crippen molar-refractivity contribution in [2.24, 2.45) is 5.92 Å². The van der Waals surface area contributed by atoms with E-state index in [-0.39, 0.29) is 0 Å². The van der Waals surface area contributed by atoms with E-state index in [2.05, 4.69) is 11.1 Å². The number of aliphatic carboxylic acids is 1. The van der Waals surface area contributed by atoms with Gasteiger partial charge in [-0.2, -0.15) is 5.26 Å². The molecule has 7 heteroatoms. The van der Waals surface area contributed by atoms with Crippen molar-refractivity contribution in [3.8, 4) is 6.07 Å². The Morgan fingerprint density at radius 3 is 3.00 bits per heavy atom. The number of carboxylic acid groups (broad SMARTS) is 1. The van der Waals surface area contributed by atoms with Crippen LogP contribution in [0.2, 0.25) is 5.02 Å². The summed E-state index contributed by atoms with van der Waals surface area (Å²) in [4.78, 5) is 17.7. The Hall–Kier alpha value is -2.36. The van der Waals surface area contributed by atoms with Gasteiger partial charge in [-0.05, 0) is 24.6 Å². The standard InChI is InChI=1S/C17H16ClN3O3/c1-24-15-9-21(5-4-12(15)17(22)23)16-10(7-19)8-20-14-3-2-11(18)6-13(14)16/h2-3,6,8,12,15H,4-5,9H2,1H3,(H,22,23)/t12-,15+/m0/s1. The van der Waals surface area contributed by atoms with Gasteiger partial charge < -0.3 is 14.7 Å². The van der Waals surface area contributed by atoms with Crippen LogP contribution in [-0.4, -0.2) is 42.4 Å². The number of fused-ring (bicyclic) bond motifs is 1. The van der Waals surface area contributed by atoms with Crippen molar-refractivity contribution in [2.45, 2.75) is 12.5 Å². The Kier molecular flexibility index (Phi) is 4.56. The van der Waals surface area contributed by atoms with Gasteiger partial charge in [-0.1, -0.05) is 11.6 Å². The zero-order chi connectivity index (χ0) is 17.3. The second-order valence-corrected chi connectivity index (χ2v) is 6.18. The van der Waals surface area contributed by atoms with Crippen LogP contribution in [0.3, 0.4) is 0 Å². The molecule has 1 aliphatic rings. The molecule has 124 valence electrons. The smallest absolute Gasteiger partial charge is 0.309 e. The maximum atomic E-state index is 11.4. The summed E-state index contributed by atoms with van der Waals surface area (Å²) in [6.45, 7) is 0.922. The summed E-state index contributed by atoms with van der Waals surface area (Å²) in [7, 11) is 1.51. The van der Waals surface area contributed by atoms with E-state index < -0.39 is 18.0 Å². The number of piperidine rings is 1. The first kappa shape index (κ1) is 16.5. The number of ether oxygens (including phenoxy) is 1. The molecule has 6 nitrogen and oxygen atoms in total. The first-order valence-corrected chi connectivity index (χ1v) is 7.92. The van der Waals surface area contributed by atoms with Crippen LogP contribution in [0.15, 0.2) is 24.4 Å². The molecular weight excluding hydrogens is 330 g/mol. The van der Waals surface area contributed by atoms with E-state index in [9.17, 15) is 15.2 Å². The number of carboxylic acids is 1. The fraction of sp³-hybridized carbons (Fsp3) is 0.353. The van der Waals surface area contributed by atoms with Crippen LogP contribution in [0.25, 0.3) is 10.9 Å². The molecule has 1 aromatic carbocycles. The lowest BCUT2D eigenvalue weighted by Crippen LogP contribution is -2.47. The number of halogens is 1. The molecule has 3 rings (SSSR count). The minimum Gasteiger partial charge on any atom is -0.481 e. The third-order valence-electron chi connectivity index (χ3n) is 4.42. The number of methoxy groups -OCH3 is 1. The molecule has 2 aromatic rings. The van der Waals surface area contributed by atoms with Crippen molar-refractivity contribution in [1.82, 2.24) is 4.98 Å².